The van der Waals surface area contributed by atoms with Gasteiger partial charge in [-0.15, -0.1) is 0 Å². The Morgan fingerprint density at radius 3 is 2.36 bits per heavy atom. The van der Waals surface area contributed by atoms with Gasteiger partial charge >= 0.3 is 0 Å². The first-order valence-corrected chi connectivity index (χ1v) is 9.87. The van der Waals surface area contributed by atoms with E-state index in [-0.39, 0.29) is 33.6 Å². The summed E-state index contributed by atoms with van der Waals surface area (Å²) in [4.78, 5) is 13.3. The second kappa shape index (κ2) is 8.54. The lowest BCUT2D eigenvalue weighted by molar-refractivity contribution is -0.231. The molecule has 2 aromatic carbocycles. The molecule has 1 aliphatic rings. The molecule has 5 atom stereocenters. The molecular weight excluding hydrogens is 440 g/mol. The smallest absolute Gasteiger partial charge is 0.204 e. The van der Waals surface area contributed by atoms with Gasteiger partial charge in [0.25, 0.3) is 0 Å². The van der Waals surface area contributed by atoms with Crippen LogP contribution in [0.1, 0.15) is 11.7 Å². The number of aliphatic hydroxyl groups is 4. The van der Waals surface area contributed by atoms with E-state index in [1.807, 2.05) is 0 Å². The largest absolute Gasteiger partial charge is 0.507 e. The summed E-state index contributed by atoms with van der Waals surface area (Å²) in [6.45, 7) is -0.699. The molecule has 2 heterocycles. The van der Waals surface area contributed by atoms with Crippen molar-refractivity contribution >= 4 is 11.0 Å². The molecule has 0 saturated carbocycles. The number of aliphatic hydroxyl groups excluding tert-OH is 4. The molecule has 1 aromatic heterocycles. The van der Waals surface area contributed by atoms with E-state index in [0.717, 1.165) is 12.3 Å². The van der Waals surface area contributed by atoms with Crippen LogP contribution in [0.4, 0.5) is 0 Å². The molecule has 5 unspecified atom stereocenters. The zero-order valence-electron chi connectivity index (χ0n) is 17.2. The minimum absolute atomic E-state index is 0.00143. The first-order valence-electron chi connectivity index (χ1n) is 9.87. The van der Waals surface area contributed by atoms with Gasteiger partial charge in [-0.2, -0.15) is 0 Å². The monoisotopic (exact) mass is 462 g/mol. The summed E-state index contributed by atoms with van der Waals surface area (Å²) in [5.74, 6) is -1.27. The number of methoxy groups -OCH3 is 1. The fourth-order valence-electron chi connectivity index (χ4n) is 3.95. The Hall–Kier alpha value is -3.35. The van der Waals surface area contributed by atoms with Gasteiger partial charge in [0.15, 0.2) is 17.1 Å². The van der Waals surface area contributed by atoms with Crippen LogP contribution in [0.25, 0.3) is 22.1 Å². The van der Waals surface area contributed by atoms with Gasteiger partial charge in [0.2, 0.25) is 5.43 Å². The molecule has 0 radical (unpaired) electrons. The zero-order valence-corrected chi connectivity index (χ0v) is 17.2. The molecule has 1 aliphatic heterocycles. The lowest BCUT2D eigenvalue weighted by atomic mass is 9.89. The molecule has 0 bridgehead atoms. The Morgan fingerprint density at radius 1 is 0.970 bits per heavy atom. The Morgan fingerprint density at radius 2 is 1.70 bits per heavy atom. The van der Waals surface area contributed by atoms with Crippen LogP contribution in [0.5, 0.6) is 23.0 Å². The predicted molar refractivity (Wildman–Crippen MR) is 112 cm³/mol. The molecule has 0 spiro atoms. The van der Waals surface area contributed by atoms with E-state index in [1.54, 1.807) is 0 Å². The molecular formula is C22H22O11. The predicted octanol–water partition coefficient (Wildman–Crippen LogP) is 0.100. The summed E-state index contributed by atoms with van der Waals surface area (Å²) in [7, 11) is 1.34. The van der Waals surface area contributed by atoms with Gasteiger partial charge in [-0.1, -0.05) is 6.07 Å². The Balaban J connectivity index is 1.92. The molecule has 176 valence electrons. The number of hydrogen-bond donors (Lipinski definition) is 7. The van der Waals surface area contributed by atoms with Gasteiger partial charge in [0.1, 0.15) is 53.7 Å². The topological polar surface area (TPSA) is 190 Å². The maximum Gasteiger partial charge on any atom is 0.204 e. The summed E-state index contributed by atoms with van der Waals surface area (Å²) in [6, 6.07) is 5.00. The maximum absolute atomic E-state index is 13.3. The van der Waals surface area contributed by atoms with Crippen molar-refractivity contribution in [3.8, 4) is 34.1 Å². The molecule has 1 saturated heterocycles. The van der Waals surface area contributed by atoms with Crippen LogP contribution >= 0.6 is 0 Å². The summed E-state index contributed by atoms with van der Waals surface area (Å²) in [6.07, 6.45) is -6.84. The lowest BCUT2D eigenvalue weighted by Gasteiger charge is -2.40. The standard InChI is InChI=1S/C22H22O11/c1-31-13-4-8(2-3-10(13)24)9-7-32-21-15(17(9)27)11(25)5-12(26)16(21)22-20(30)19(29)18(28)14(6-23)33-22/h2-5,7,14,18-20,22-26,28-30H,6H2,1H3. The fraction of sp³-hybridized carbons (Fsp3) is 0.318. The molecule has 11 heteroatoms. The Bertz CT molecular complexity index is 1250. The molecule has 7 N–H and O–H groups in total. The summed E-state index contributed by atoms with van der Waals surface area (Å²) in [5.41, 5.74) is -0.973. The highest BCUT2D eigenvalue weighted by Gasteiger charge is 2.46. The van der Waals surface area contributed by atoms with E-state index in [9.17, 15) is 40.5 Å². The third-order valence-electron chi connectivity index (χ3n) is 5.71. The van der Waals surface area contributed by atoms with E-state index in [1.165, 1.54) is 25.3 Å². The first kappa shape index (κ1) is 22.8. The van der Waals surface area contributed by atoms with Gasteiger partial charge in [0.05, 0.1) is 24.8 Å². The quantitative estimate of drug-likeness (QED) is 0.278. The van der Waals surface area contributed by atoms with Crippen LogP contribution in [-0.2, 0) is 4.74 Å². The number of aromatic hydroxyl groups is 3. The molecule has 4 rings (SSSR count). The van der Waals surface area contributed by atoms with Crippen LogP contribution < -0.4 is 10.2 Å². The van der Waals surface area contributed by atoms with Crippen molar-refractivity contribution in [3.05, 3.63) is 46.3 Å². The van der Waals surface area contributed by atoms with Crippen molar-refractivity contribution in [1.82, 2.24) is 0 Å². The number of phenolic OH excluding ortho intramolecular Hbond substituents is 3. The minimum atomic E-state index is -1.76. The summed E-state index contributed by atoms with van der Waals surface area (Å²) < 4.78 is 16.1. The number of rotatable bonds is 4. The molecule has 3 aromatic rings. The normalized spacial score (nSPS) is 25.3. The van der Waals surface area contributed by atoms with Gasteiger partial charge in [-0.05, 0) is 17.7 Å². The third-order valence-corrected chi connectivity index (χ3v) is 5.71. The fourth-order valence-corrected chi connectivity index (χ4v) is 3.95. The van der Waals surface area contributed by atoms with Crippen LogP contribution in [0.2, 0.25) is 0 Å². The van der Waals surface area contributed by atoms with Crippen LogP contribution in [0.3, 0.4) is 0 Å². The van der Waals surface area contributed by atoms with Crippen molar-refractivity contribution in [2.45, 2.75) is 30.5 Å². The average molecular weight is 462 g/mol. The molecule has 0 amide bonds. The van der Waals surface area contributed by atoms with E-state index in [0.29, 0.717) is 5.56 Å². The number of phenols is 3. The second-order valence-electron chi connectivity index (χ2n) is 7.65. The highest BCUT2D eigenvalue weighted by Crippen LogP contribution is 2.43. The average Bonchev–Trinajstić information content (AvgIpc) is 2.79. The second-order valence-corrected chi connectivity index (χ2v) is 7.65. The van der Waals surface area contributed by atoms with Crippen molar-refractivity contribution in [1.29, 1.82) is 0 Å². The van der Waals surface area contributed by atoms with Crippen molar-refractivity contribution < 1.29 is 49.6 Å². The van der Waals surface area contributed by atoms with Crippen LogP contribution in [0, 0.1) is 0 Å². The molecule has 0 aliphatic carbocycles. The Kier molecular flexibility index (Phi) is 5.91. The Labute approximate surface area is 185 Å². The van der Waals surface area contributed by atoms with Gasteiger partial charge in [0, 0.05) is 6.07 Å². The van der Waals surface area contributed by atoms with E-state index < -0.39 is 54.1 Å². The number of benzene rings is 2. The first-order chi connectivity index (χ1) is 15.7. The summed E-state index contributed by atoms with van der Waals surface area (Å²) >= 11 is 0. The van der Waals surface area contributed by atoms with Crippen molar-refractivity contribution in [2.75, 3.05) is 13.7 Å². The summed E-state index contributed by atoms with van der Waals surface area (Å²) in [5, 5.41) is 70.4. The molecule has 33 heavy (non-hydrogen) atoms. The molecule has 11 nitrogen and oxygen atoms in total. The van der Waals surface area contributed by atoms with Crippen LogP contribution in [0.15, 0.2) is 39.7 Å². The maximum atomic E-state index is 13.3. The van der Waals surface area contributed by atoms with Gasteiger partial charge < -0.3 is 49.6 Å². The van der Waals surface area contributed by atoms with Crippen molar-refractivity contribution in [2.24, 2.45) is 0 Å². The van der Waals surface area contributed by atoms with Crippen molar-refractivity contribution in [3.63, 3.8) is 0 Å². The number of hydrogen-bond acceptors (Lipinski definition) is 11. The minimum Gasteiger partial charge on any atom is -0.507 e. The number of fused-ring (bicyclic) bond motifs is 1. The van der Waals surface area contributed by atoms with E-state index >= 15 is 0 Å². The van der Waals surface area contributed by atoms with E-state index in [2.05, 4.69) is 0 Å². The SMILES string of the molecule is COc1cc(-c2coc3c(C4OC(CO)C(O)C(O)C4O)c(O)cc(O)c3c2=O)ccc1O. The highest BCUT2D eigenvalue weighted by molar-refractivity contribution is 5.91. The third kappa shape index (κ3) is 3.65. The molecule has 1 fully saturated rings. The van der Waals surface area contributed by atoms with Crippen LogP contribution in [-0.4, -0.2) is 73.9 Å². The zero-order chi connectivity index (χ0) is 24.0. The van der Waals surface area contributed by atoms with Gasteiger partial charge in [-0.3, -0.25) is 4.79 Å². The number of ether oxygens (including phenoxy) is 2. The van der Waals surface area contributed by atoms with Gasteiger partial charge in [-0.25, -0.2) is 0 Å². The van der Waals surface area contributed by atoms with E-state index in [4.69, 9.17) is 13.9 Å². The highest BCUT2D eigenvalue weighted by atomic mass is 16.5. The lowest BCUT2D eigenvalue weighted by Crippen LogP contribution is -2.55.